The molecule has 4 rings (SSSR count). The lowest BCUT2D eigenvalue weighted by molar-refractivity contribution is -0.148. The summed E-state index contributed by atoms with van der Waals surface area (Å²) in [6.07, 6.45) is 1.61. The zero-order chi connectivity index (χ0) is 18.1. The molecule has 0 saturated carbocycles. The van der Waals surface area contributed by atoms with E-state index >= 15 is 0 Å². The van der Waals surface area contributed by atoms with Crippen molar-refractivity contribution in [2.75, 3.05) is 24.6 Å². The predicted molar refractivity (Wildman–Crippen MR) is 103 cm³/mol. The first-order valence-electron chi connectivity index (χ1n) is 8.98. The lowest BCUT2D eigenvalue weighted by Gasteiger charge is -2.32. The summed E-state index contributed by atoms with van der Waals surface area (Å²) in [4.78, 5) is 20.0. The second-order valence-electron chi connectivity index (χ2n) is 6.55. The van der Waals surface area contributed by atoms with E-state index in [4.69, 9.17) is 9.84 Å². The standard InChI is InChI=1S/C19H22N4O2S/c1-3-25-19(24)14-6-8-22(9-7-14)18-11-13(2)20-17-12-15(21-23(17)18)16-5-4-10-26-16/h4-5,10-12,14H,3,6-9H2,1-2H3. The predicted octanol–water partition coefficient (Wildman–Crippen LogP) is 3.55. The van der Waals surface area contributed by atoms with E-state index in [1.807, 2.05) is 30.5 Å². The first-order chi connectivity index (χ1) is 12.7. The molecule has 6 nitrogen and oxygen atoms in total. The van der Waals surface area contributed by atoms with Gasteiger partial charge >= 0.3 is 5.97 Å². The van der Waals surface area contributed by atoms with Gasteiger partial charge in [0.1, 0.15) is 11.5 Å². The number of rotatable bonds is 4. The summed E-state index contributed by atoms with van der Waals surface area (Å²) >= 11 is 1.68. The van der Waals surface area contributed by atoms with Crippen LogP contribution in [0.5, 0.6) is 0 Å². The van der Waals surface area contributed by atoms with Crippen molar-refractivity contribution < 1.29 is 9.53 Å². The average molecular weight is 370 g/mol. The van der Waals surface area contributed by atoms with Crippen LogP contribution in [0.15, 0.2) is 29.6 Å². The number of aromatic nitrogens is 3. The number of ether oxygens (including phenoxy) is 1. The second kappa shape index (κ2) is 7.07. The molecule has 0 spiro atoms. The molecule has 1 aliphatic rings. The molecule has 0 bridgehead atoms. The number of hydrogen-bond donors (Lipinski definition) is 0. The number of nitrogens with zero attached hydrogens (tertiary/aromatic N) is 4. The van der Waals surface area contributed by atoms with Crippen LogP contribution < -0.4 is 4.90 Å². The summed E-state index contributed by atoms with van der Waals surface area (Å²) in [6, 6.07) is 8.21. The van der Waals surface area contributed by atoms with E-state index in [-0.39, 0.29) is 11.9 Å². The third kappa shape index (κ3) is 3.19. The maximum absolute atomic E-state index is 12.0. The number of carbonyl (C=O) groups is 1. The van der Waals surface area contributed by atoms with Crippen LogP contribution >= 0.6 is 11.3 Å². The molecule has 3 aromatic heterocycles. The van der Waals surface area contributed by atoms with Crippen molar-refractivity contribution in [1.29, 1.82) is 0 Å². The molecule has 7 heteroatoms. The number of anilines is 1. The smallest absolute Gasteiger partial charge is 0.309 e. The van der Waals surface area contributed by atoms with Gasteiger partial charge in [0.05, 0.1) is 17.4 Å². The third-order valence-electron chi connectivity index (χ3n) is 4.75. The lowest BCUT2D eigenvalue weighted by atomic mass is 9.97. The Bertz CT molecular complexity index is 911. The Balaban J connectivity index is 1.61. The summed E-state index contributed by atoms with van der Waals surface area (Å²) in [7, 11) is 0. The number of aryl methyl sites for hydroxylation is 1. The molecule has 0 unspecified atom stereocenters. The molecule has 1 saturated heterocycles. The van der Waals surface area contributed by atoms with Gasteiger partial charge in [0, 0.05) is 30.9 Å². The zero-order valence-electron chi connectivity index (χ0n) is 15.0. The Morgan fingerprint density at radius 1 is 1.35 bits per heavy atom. The molecule has 0 N–H and O–H groups in total. The monoisotopic (exact) mass is 370 g/mol. The third-order valence-corrected chi connectivity index (χ3v) is 5.64. The maximum Gasteiger partial charge on any atom is 0.309 e. The van der Waals surface area contributed by atoms with Gasteiger partial charge in [0.2, 0.25) is 0 Å². The highest BCUT2D eigenvalue weighted by Gasteiger charge is 2.27. The highest BCUT2D eigenvalue weighted by molar-refractivity contribution is 7.13. The number of fused-ring (bicyclic) bond motifs is 1. The summed E-state index contributed by atoms with van der Waals surface area (Å²) in [5, 5.41) is 6.84. The molecular formula is C19H22N4O2S. The highest BCUT2D eigenvalue weighted by atomic mass is 32.1. The van der Waals surface area contributed by atoms with E-state index in [0.717, 1.165) is 53.7 Å². The van der Waals surface area contributed by atoms with Crippen LogP contribution in [0.2, 0.25) is 0 Å². The Labute approximate surface area is 156 Å². The Morgan fingerprint density at radius 2 is 2.15 bits per heavy atom. The topological polar surface area (TPSA) is 59.7 Å². The van der Waals surface area contributed by atoms with Gasteiger partial charge in [-0.3, -0.25) is 4.79 Å². The van der Waals surface area contributed by atoms with Crippen LogP contribution in [0.4, 0.5) is 5.82 Å². The molecule has 1 aliphatic heterocycles. The molecule has 26 heavy (non-hydrogen) atoms. The highest BCUT2D eigenvalue weighted by Crippen LogP contribution is 2.29. The normalized spacial score (nSPS) is 15.5. The molecule has 0 aliphatic carbocycles. The van der Waals surface area contributed by atoms with Crippen LogP contribution in [0, 0.1) is 12.8 Å². The molecular weight excluding hydrogens is 348 g/mol. The van der Waals surface area contributed by atoms with Crippen molar-refractivity contribution in [1.82, 2.24) is 14.6 Å². The van der Waals surface area contributed by atoms with Gasteiger partial charge in [-0.15, -0.1) is 11.3 Å². The van der Waals surface area contributed by atoms with Gasteiger partial charge in [0.25, 0.3) is 0 Å². The first kappa shape index (κ1) is 17.0. The Hall–Kier alpha value is -2.41. The molecule has 0 aromatic carbocycles. The first-order valence-corrected chi connectivity index (χ1v) is 9.86. The molecule has 4 heterocycles. The van der Waals surface area contributed by atoms with Crippen LogP contribution in [0.25, 0.3) is 16.2 Å². The molecule has 1 fully saturated rings. The Kier molecular flexibility index (Phi) is 4.63. The number of thiophene rings is 1. The van der Waals surface area contributed by atoms with Crippen molar-refractivity contribution in [3.05, 3.63) is 35.3 Å². The van der Waals surface area contributed by atoms with E-state index in [0.29, 0.717) is 6.61 Å². The van der Waals surface area contributed by atoms with E-state index in [2.05, 4.69) is 27.4 Å². The minimum atomic E-state index is -0.0673. The maximum atomic E-state index is 12.0. The van der Waals surface area contributed by atoms with Crippen LogP contribution in [-0.2, 0) is 9.53 Å². The van der Waals surface area contributed by atoms with Gasteiger partial charge in [-0.05, 0) is 38.1 Å². The van der Waals surface area contributed by atoms with Crippen LogP contribution in [0.3, 0.4) is 0 Å². The fourth-order valence-electron chi connectivity index (χ4n) is 3.45. The van der Waals surface area contributed by atoms with E-state index in [1.54, 1.807) is 11.3 Å². The van der Waals surface area contributed by atoms with Gasteiger partial charge in [-0.2, -0.15) is 9.61 Å². The fourth-order valence-corrected chi connectivity index (χ4v) is 4.14. The lowest BCUT2D eigenvalue weighted by Crippen LogP contribution is -2.38. The Morgan fingerprint density at radius 3 is 2.85 bits per heavy atom. The summed E-state index contributed by atoms with van der Waals surface area (Å²) in [5.74, 6) is 0.976. The van der Waals surface area contributed by atoms with E-state index < -0.39 is 0 Å². The largest absolute Gasteiger partial charge is 0.466 e. The van der Waals surface area contributed by atoms with Gasteiger partial charge in [-0.1, -0.05) is 6.07 Å². The second-order valence-corrected chi connectivity index (χ2v) is 7.49. The van der Waals surface area contributed by atoms with Gasteiger partial charge < -0.3 is 9.64 Å². The number of hydrogen-bond acceptors (Lipinski definition) is 6. The summed E-state index contributed by atoms with van der Waals surface area (Å²) < 4.78 is 7.10. The number of piperidine rings is 1. The number of esters is 1. The minimum Gasteiger partial charge on any atom is -0.466 e. The fraction of sp³-hybridized carbons (Fsp3) is 0.421. The van der Waals surface area contributed by atoms with Crippen molar-refractivity contribution >= 4 is 28.8 Å². The molecule has 136 valence electrons. The van der Waals surface area contributed by atoms with Crippen molar-refractivity contribution in [3.8, 4) is 10.6 Å². The summed E-state index contributed by atoms with van der Waals surface area (Å²) in [5.41, 5.74) is 2.77. The summed E-state index contributed by atoms with van der Waals surface area (Å²) in [6.45, 7) is 5.94. The molecule has 3 aromatic rings. The van der Waals surface area contributed by atoms with E-state index in [1.165, 1.54) is 0 Å². The molecule has 0 amide bonds. The van der Waals surface area contributed by atoms with Gasteiger partial charge in [0.15, 0.2) is 5.65 Å². The van der Waals surface area contributed by atoms with Gasteiger partial charge in [-0.25, -0.2) is 4.98 Å². The van der Waals surface area contributed by atoms with Crippen molar-refractivity contribution in [2.24, 2.45) is 5.92 Å². The van der Waals surface area contributed by atoms with Crippen LogP contribution in [-0.4, -0.2) is 40.3 Å². The quantitative estimate of drug-likeness (QED) is 0.658. The van der Waals surface area contributed by atoms with Crippen molar-refractivity contribution in [2.45, 2.75) is 26.7 Å². The zero-order valence-corrected chi connectivity index (χ0v) is 15.8. The SMILES string of the molecule is CCOC(=O)C1CCN(c2cc(C)nc3cc(-c4cccs4)nn23)CC1. The van der Waals surface area contributed by atoms with Crippen molar-refractivity contribution in [3.63, 3.8) is 0 Å². The van der Waals surface area contributed by atoms with E-state index in [9.17, 15) is 4.79 Å². The number of carbonyl (C=O) groups excluding carboxylic acids is 1. The molecule has 0 radical (unpaired) electrons. The average Bonchev–Trinajstić information content (AvgIpc) is 3.30. The minimum absolute atomic E-state index is 0.00364. The van der Waals surface area contributed by atoms with Crippen LogP contribution in [0.1, 0.15) is 25.5 Å². The molecule has 0 atom stereocenters.